The van der Waals surface area contributed by atoms with Crippen LogP contribution in [0.25, 0.3) is 22.3 Å². The molecule has 3 aromatic carbocycles. The zero-order chi connectivity index (χ0) is 27.3. The molecule has 0 heterocycles. The van der Waals surface area contributed by atoms with Gasteiger partial charge in [0, 0.05) is 11.1 Å². The third-order valence-electron chi connectivity index (χ3n) is 6.49. The summed E-state index contributed by atoms with van der Waals surface area (Å²) in [7, 11) is 0. The summed E-state index contributed by atoms with van der Waals surface area (Å²) in [4.78, 5) is 24.4. The van der Waals surface area contributed by atoms with E-state index in [0.717, 1.165) is 38.5 Å². The minimum atomic E-state index is -1.12. The van der Waals surface area contributed by atoms with Crippen molar-refractivity contribution in [1.82, 2.24) is 0 Å². The standard InChI is InChI=1S/C32H38O6/c1-3-5-7-9-21-37-25-15-11-23(12-16-25)29-27(31(33)34)19-20-28(32(35)36)30(29)24-13-17-26(18-14-24)38-22-10-8-6-4-2/h11-20H,3-10,21-22H2,1-2H3,(H,33,34)(H,35,36). The van der Waals surface area contributed by atoms with Gasteiger partial charge in [-0.25, -0.2) is 9.59 Å². The van der Waals surface area contributed by atoms with Crippen LogP contribution in [0, 0.1) is 0 Å². The fourth-order valence-electron chi connectivity index (χ4n) is 4.43. The van der Waals surface area contributed by atoms with E-state index in [0.29, 0.717) is 47.0 Å². The molecule has 0 atom stereocenters. The van der Waals surface area contributed by atoms with E-state index in [1.54, 1.807) is 48.5 Å². The summed E-state index contributed by atoms with van der Waals surface area (Å²) in [5.41, 5.74) is 2.01. The summed E-state index contributed by atoms with van der Waals surface area (Å²) < 4.78 is 11.7. The van der Waals surface area contributed by atoms with Gasteiger partial charge in [0.15, 0.2) is 0 Å². The van der Waals surface area contributed by atoms with Gasteiger partial charge < -0.3 is 19.7 Å². The van der Waals surface area contributed by atoms with Gasteiger partial charge in [0.1, 0.15) is 11.5 Å². The smallest absolute Gasteiger partial charge is 0.336 e. The van der Waals surface area contributed by atoms with E-state index in [1.165, 1.54) is 25.0 Å². The van der Waals surface area contributed by atoms with E-state index in [-0.39, 0.29) is 11.1 Å². The average molecular weight is 519 g/mol. The molecule has 0 radical (unpaired) electrons. The normalized spacial score (nSPS) is 10.8. The lowest BCUT2D eigenvalue weighted by Gasteiger charge is -2.17. The quantitative estimate of drug-likeness (QED) is 0.185. The second kappa shape index (κ2) is 14.8. The summed E-state index contributed by atoms with van der Waals surface area (Å²) in [6, 6.07) is 17.0. The van der Waals surface area contributed by atoms with Gasteiger partial charge in [-0.05, 0) is 60.4 Å². The van der Waals surface area contributed by atoms with Crippen LogP contribution in [0.4, 0.5) is 0 Å². The van der Waals surface area contributed by atoms with Crippen molar-refractivity contribution in [2.75, 3.05) is 13.2 Å². The van der Waals surface area contributed by atoms with Crippen LogP contribution in [0.1, 0.15) is 85.9 Å². The molecule has 0 unspecified atom stereocenters. The first-order valence-electron chi connectivity index (χ1n) is 13.6. The van der Waals surface area contributed by atoms with Crippen molar-refractivity contribution in [2.24, 2.45) is 0 Å². The van der Waals surface area contributed by atoms with E-state index < -0.39 is 11.9 Å². The predicted molar refractivity (Wildman–Crippen MR) is 151 cm³/mol. The van der Waals surface area contributed by atoms with Gasteiger partial charge in [-0.3, -0.25) is 0 Å². The molecule has 0 aromatic heterocycles. The zero-order valence-electron chi connectivity index (χ0n) is 22.4. The van der Waals surface area contributed by atoms with Crippen molar-refractivity contribution >= 4 is 11.9 Å². The molecule has 6 nitrogen and oxygen atoms in total. The molecule has 0 spiro atoms. The van der Waals surface area contributed by atoms with E-state index in [9.17, 15) is 19.8 Å². The molecule has 0 fully saturated rings. The molecule has 3 rings (SSSR count). The lowest BCUT2D eigenvalue weighted by molar-refractivity contribution is 0.0682. The van der Waals surface area contributed by atoms with Crippen LogP contribution >= 0.6 is 0 Å². The molecule has 0 saturated carbocycles. The lowest BCUT2D eigenvalue weighted by atomic mass is 9.87. The second-order valence-corrected chi connectivity index (χ2v) is 9.39. The largest absolute Gasteiger partial charge is 0.494 e. The Morgan fingerprint density at radius 3 is 1.24 bits per heavy atom. The molecule has 0 amide bonds. The van der Waals surface area contributed by atoms with Gasteiger partial charge in [-0.2, -0.15) is 0 Å². The Labute approximate surface area is 225 Å². The summed E-state index contributed by atoms with van der Waals surface area (Å²) in [6.45, 7) is 5.56. The average Bonchev–Trinajstić information content (AvgIpc) is 2.92. The Hall–Kier alpha value is -3.80. The molecule has 2 N–H and O–H groups in total. The topological polar surface area (TPSA) is 93.1 Å². The SMILES string of the molecule is CCCCCCOc1ccc(-c2c(C(=O)O)ccc(C(=O)O)c2-c2ccc(OCCCCCC)cc2)cc1. The fraction of sp³-hybridized carbons (Fsp3) is 0.375. The summed E-state index contributed by atoms with van der Waals surface area (Å²) >= 11 is 0. The van der Waals surface area contributed by atoms with Gasteiger partial charge in [-0.1, -0.05) is 76.6 Å². The van der Waals surface area contributed by atoms with Gasteiger partial charge in [0.2, 0.25) is 0 Å². The van der Waals surface area contributed by atoms with Crippen molar-refractivity contribution in [3.63, 3.8) is 0 Å². The van der Waals surface area contributed by atoms with Gasteiger partial charge in [0.05, 0.1) is 24.3 Å². The van der Waals surface area contributed by atoms with E-state index >= 15 is 0 Å². The minimum Gasteiger partial charge on any atom is -0.494 e. The number of hydrogen-bond donors (Lipinski definition) is 2. The number of benzene rings is 3. The molecule has 0 aliphatic carbocycles. The van der Waals surface area contributed by atoms with E-state index in [1.807, 2.05) is 0 Å². The molecule has 0 saturated heterocycles. The monoisotopic (exact) mass is 518 g/mol. The molecule has 0 aliphatic heterocycles. The summed E-state index contributed by atoms with van der Waals surface area (Å²) in [5, 5.41) is 20.0. The summed E-state index contributed by atoms with van der Waals surface area (Å²) in [5.74, 6) is -0.861. The number of aromatic carboxylic acids is 2. The Morgan fingerprint density at radius 2 is 0.921 bits per heavy atom. The molecular weight excluding hydrogens is 480 g/mol. The van der Waals surface area contributed by atoms with Crippen LogP contribution in [-0.4, -0.2) is 35.4 Å². The van der Waals surface area contributed by atoms with Crippen LogP contribution in [0.2, 0.25) is 0 Å². The number of carboxylic acids is 2. The molecular formula is C32H38O6. The predicted octanol–water partition coefficient (Wildman–Crippen LogP) is 8.34. The van der Waals surface area contributed by atoms with Crippen molar-refractivity contribution in [2.45, 2.75) is 65.2 Å². The van der Waals surface area contributed by atoms with Crippen LogP contribution in [0.3, 0.4) is 0 Å². The first-order chi connectivity index (χ1) is 18.5. The Balaban J connectivity index is 1.94. The van der Waals surface area contributed by atoms with Crippen molar-refractivity contribution in [3.05, 3.63) is 71.8 Å². The first kappa shape index (κ1) is 28.8. The number of carbonyl (C=O) groups is 2. The van der Waals surface area contributed by atoms with Crippen LogP contribution in [0.5, 0.6) is 11.5 Å². The minimum absolute atomic E-state index is 0.0366. The maximum Gasteiger partial charge on any atom is 0.336 e. The van der Waals surface area contributed by atoms with Crippen LogP contribution in [0.15, 0.2) is 60.7 Å². The third kappa shape index (κ3) is 7.85. The van der Waals surface area contributed by atoms with Crippen molar-refractivity contribution in [3.8, 4) is 33.8 Å². The third-order valence-corrected chi connectivity index (χ3v) is 6.49. The number of unbranched alkanes of at least 4 members (excludes halogenated alkanes) is 6. The molecule has 0 aliphatic rings. The van der Waals surface area contributed by atoms with Crippen LogP contribution in [-0.2, 0) is 0 Å². The molecule has 202 valence electrons. The maximum atomic E-state index is 12.2. The molecule has 38 heavy (non-hydrogen) atoms. The number of hydrogen-bond acceptors (Lipinski definition) is 4. The fourth-order valence-corrected chi connectivity index (χ4v) is 4.43. The molecule has 3 aromatic rings. The molecule has 6 heteroatoms. The highest BCUT2D eigenvalue weighted by atomic mass is 16.5. The second-order valence-electron chi connectivity index (χ2n) is 9.39. The van der Waals surface area contributed by atoms with Crippen molar-refractivity contribution in [1.29, 1.82) is 0 Å². The van der Waals surface area contributed by atoms with Gasteiger partial charge in [0.25, 0.3) is 0 Å². The Kier molecular flexibility index (Phi) is 11.2. The maximum absolute atomic E-state index is 12.2. The highest BCUT2D eigenvalue weighted by Gasteiger charge is 2.23. The number of rotatable bonds is 16. The van der Waals surface area contributed by atoms with E-state index in [2.05, 4.69) is 13.8 Å². The Bertz CT molecular complexity index is 1090. The van der Waals surface area contributed by atoms with Crippen molar-refractivity contribution < 1.29 is 29.3 Å². The van der Waals surface area contributed by atoms with Gasteiger partial charge in [-0.15, -0.1) is 0 Å². The number of ether oxygens (including phenoxy) is 2. The lowest BCUT2D eigenvalue weighted by Crippen LogP contribution is -2.07. The zero-order valence-corrected chi connectivity index (χ0v) is 22.4. The first-order valence-corrected chi connectivity index (χ1v) is 13.6. The Morgan fingerprint density at radius 1 is 0.553 bits per heavy atom. The van der Waals surface area contributed by atoms with Gasteiger partial charge >= 0.3 is 11.9 Å². The van der Waals surface area contributed by atoms with Crippen LogP contribution < -0.4 is 9.47 Å². The highest BCUT2D eigenvalue weighted by Crippen LogP contribution is 2.39. The van der Waals surface area contributed by atoms with E-state index in [4.69, 9.17) is 9.47 Å². The molecule has 0 bridgehead atoms. The number of carboxylic acid groups (broad SMARTS) is 2. The summed E-state index contributed by atoms with van der Waals surface area (Å²) in [6.07, 6.45) is 8.85. The highest BCUT2D eigenvalue weighted by molar-refractivity contribution is 6.08.